The standard InChI is InChI=1S/C13H13N3O2S/c14-13(19)16(9-12-2-1-7-18-12)15-8-10-3-5-11(17)6-4-10/h1-8,17H,9H2,(H2,14,19)/b15-8-. The molecule has 98 valence electrons. The van der Waals surface area contributed by atoms with Gasteiger partial charge in [0.05, 0.1) is 12.5 Å². The van der Waals surface area contributed by atoms with Crippen molar-refractivity contribution < 1.29 is 9.52 Å². The molecule has 0 atom stereocenters. The zero-order valence-corrected chi connectivity index (χ0v) is 10.9. The van der Waals surface area contributed by atoms with E-state index in [0.717, 1.165) is 11.3 Å². The first-order chi connectivity index (χ1) is 9.15. The van der Waals surface area contributed by atoms with Crippen molar-refractivity contribution in [3.05, 3.63) is 54.0 Å². The number of phenolic OH excluding ortho intramolecular Hbond substituents is 1. The minimum Gasteiger partial charge on any atom is -0.508 e. The second-order valence-corrected chi connectivity index (χ2v) is 4.23. The number of hydrogen-bond donors (Lipinski definition) is 2. The van der Waals surface area contributed by atoms with E-state index in [-0.39, 0.29) is 10.9 Å². The van der Waals surface area contributed by atoms with Crippen LogP contribution >= 0.6 is 12.2 Å². The van der Waals surface area contributed by atoms with E-state index in [2.05, 4.69) is 5.10 Å². The molecule has 0 bridgehead atoms. The summed E-state index contributed by atoms with van der Waals surface area (Å²) >= 11 is 4.93. The molecular weight excluding hydrogens is 262 g/mol. The molecule has 0 fully saturated rings. The minimum atomic E-state index is 0.159. The highest BCUT2D eigenvalue weighted by molar-refractivity contribution is 7.80. The summed E-state index contributed by atoms with van der Waals surface area (Å²) < 4.78 is 5.22. The van der Waals surface area contributed by atoms with Crippen LogP contribution < -0.4 is 5.73 Å². The number of rotatable bonds is 4. The molecular formula is C13H13N3O2S. The van der Waals surface area contributed by atoms with Gasteiger partial charge in [0, 0.05) is 0 Å². The van der Waals surface area contributed by atoms with Gasteiger partial charge in [-0.05, 0) is 54.2 Å². The Morgan fingerprint density at radius 2 is 2.11 bits per heavy atom. The maximum absolute atomic E-state index is 9.19. The molecule has 2 aromatic rings. The SMILES string of the molecule is NC(=S)N(Cc1ccco1)/N=C\c1ccc(O)cc1. The molecule has 0 saturated heterocycles. The van der Waals surface area contributed by atoms with Crippen LogP contribution in [0.15, 0.2) is 52.2 Å². The van der Waals surface area contributed by atoms with Crippen LogP contribution in [-0.4, -0.2) is 21.4 Å². The Balaban J connectivity index is 2.08. The molecule has 1 aromatic carbocycles. The smallest absolute Gasteiger partial charge is 0.187 e. The summed E-state index contributed by atoms with van der Waals surface area (Å²) in [6.07, 6.45) is 3.19. The monoisotopic (exact) mass is 275 g/mol. The molecule has 5 nitrogen and oxygen atoms in total. The van der Waals surface area contributed by atoms with Crippen molar-refractivity contribution in [2.45, 2.75) is 6.54 Å². The van der Waals surface area contributed by atoms with Gasteiger partial charge in [-0.15, -0.1) is 0 Å². The van der Waals surface area contributed by atoms with Crippen molar-refractivity contribution >= 4 is 23.5 Å². The highest BCUT2D eigenvalue weighted by atomic mass is 32.1. The van der Waals surface area contributed by atoms with Gasteiger partial charge in [-0.1, -0.05) is 0 Å². The highest BCUT2D eigenvalue weighted by Crippen LogP contribution is 2.09. The van der Waals surface area contributed by atoms with E-state index >= 15 is 0 Å². The quantitative estimate of drug-likeness (QED) is 0.507. The molecule has 0 aliphatic heterocycles. The molecule has 19 heavy (non-hydrogen) atoms. The van der Waals surface area contributed by atoms with Crippen molar-refractivity contribution in [1.29, 1.82) is 0 Å². The Kier molecular flexibility index (Phi) is 4.15. The van der Waals surface area contributed by atoms with E-state index < -0.39 is 0 Å². The molecule has 1 heterocycles. The summed E-state index contributed by atoms with van der Waals surface area (Å²) in [6, 6.07) is 10.3. The van der Waals surface area contributed by atoms with E-state index in [0.29, 0.717) is 6.54 Å². The highest BCUT2D eigenvalue weighted by Gasteiger charge is 2.07. The number of benzene rings is 1. The van der Waals surface area contributed by atoms with Gasteiger partial charge >= 0.3 is 0 Å². The van der Waals surface area contributed by atoms with Crippen molar-refractivity contribution in [3.63, 3.8) is 0 Å². The molecule has 0 spiro atoms. The van der Waals surface area contributed by atoms with E-state index in [9.17, 15) is 5.11 Å². The molecule has 3 N–H and O–H groups in total. The fourth-order valence-corrected chi connectivity index (χ4v) is 1.53. The Morgan fingerprint density at radius 3 is 2.68 bits per heavy atom. The van der Waals surface area contributed by atoms with Crippen LogP contribution in [0, 0.1) is 0 Å². The topological polar surface area (TPSA) is 75.0 Å². The van der Waals surface area contributed by atoms with Crippen LogP contribution in [-0.2, 0) is 6.54 Å². The number of nitrogens with zero attached hydrogens (tertiary/aromatic N) is 2. The molecule has 0 aliphatic carbocycles. The van der Waals surface area contributed by atoms with Gasteiger partial charge in [-0.2, -0.15) is 5.10 Å². The minimum absolute atomic E-state index is 0.159. The first kappa shape index (κ1) is 13.1. The van der Waals surface area contributed by atoms with E-state index in [1.54, 1.807) is 42.8 Å². The molecule has 0 saturated carbocycles. The second-order valence-electron chi connectivity index (χ2n) is 3.81. The molecule has 0 amide bonds. The molecule has 0 aliphatic rings. The fourth-order valence-electron chi connectivity index (χ4n) is 1.42. The van der Waals surface area contributed by atoms with Crippen molar-refractivity contribution in [1.82, 2.24) is 5.01 Å². The van der Waals surface area contributed by atoms with Crippen molar-refractivity contribution in [3.8, 4) is 5.75 Å². The van der Waals surface area contributed by atoms with Crippen molar-refractivity contribution in [2.75, 3.05) is 0 Å². The number of nitrogens with two attached hydrogens (primary N) is 1. The summed E-state index contributed by atoms with van der Waals surface area (Å²) in [7, 11) is 0. The van der Waals surface area contributed by atoms with Crippen LogP contribution in [0.4, 0.5) is 0 Å². The number of phenols is 1. The fraction of sp³-hybridized carbons (Fsp3) is 0.0769. The normalized spacial score (nSPS) is 10.7. The Labute approximate surface area is 115 Å². The van der Waals surface area contributed by atoms with Gasteiger partial charge in [0.15, 0.2) is 5.11 Å². The first-order valence-corrected chi connectivity index (χ1v) is 5.98. The summed E-state index contributed by atoms with van der Waals surface area (Å²) in [5.41, 5.74) is 6.44. The lowest BCUT2D eigenvalue weighted by Crippen LogP contribution is -2.30. The number of hydrogen-bond acceptors (Lipinski definition) is 4. The predicted molar refractivity (Wildman–Crippen MR) is 76.7 cm³/mol. The number of hydrazone groups is 1. The van der Waals surface area contributed by atoms with Gasteiger partial charge in [0.2, 0.25) is 0 Å². The van der Waals surface area contributed by atoms with Crippen LogP contribution in [0.1, 0.15) is 11.3 Å². The summed E-state index contributed by atoms with van der Waals surface area (Å²) in [4.78, 5) is 0. The molecule has 2 rings (SSSR count). The molecule has 6 heteroatoms. The van der Waals surface area contributed by atoms with Crippen LogP contribution in [0.5, 0.6) is 5.75 Å². The lowest BCUT2D eigenvalue weighted by atomic mass is 10.2. The Bertz CT molecular complexity index is 564. The van der Waals surface area contributed by atoms with E-state index in [1.165, 1.54) is 5.01 Å². The largest absolute Gasteiger partial charge is 0.508 e. The lowest BCUT2D eigenvalue weighted by molar-refractivity contribution is 0.380. The third kappa shape index (κ3) is 3.82. The predicted octanol–water partition coefficient (Wildman–Crippen LogP) is 2.06. The summed E-state index contributed by atoms with van der Waals surface area (Å²) in [5.74, 6) is 0.926. The average molecular weight is 275 g/mol. The van der Waals surface area contributed by atoms with Crippen LogP contribution in [0.25, 0.3) is 0 Å². The van der Waals surface area contributed by atoms with E-state index in [1.807, 2.05) is 6.07 Å². The zero-order valence-electron chi connectivity index (χ0n) is 10.1. The van der Waals surface area contributed by atoms with Gasteiger partial charge < -0.3 is 15.3 Å². The lowest BCUT2D eigenvalue weighted by Gasteiger charge is -2.14. The average Bonchev–Trinajstić information content (AvgIpc) is 2.89. The van der Waals surface area contributed by atoms with Crippen LogP contribution in [0.2, 0.25) is 0 Å². The summed E-state index contributed by atoms with van der Waals surface area (Å²) in [5, 5.41) is 15.0. The van der Waals surface area contributed by atoms with Crippen LogP contribution in [0.3, 0.4) is 0 Å². The summed E-state index contributed by atoms with van der Waals surface area (Å²) in [6.45, 7) is 0.372. The third-order valence-electron chi connectivity index (χ3n) is 2.38. The second kappa shape index (κ2) is 6.01. The zero-order chi connectivity index (χ0) is 13.7. The Hall–Kier alpha value is -2.34. The Morgan fingerprint density at radius 1 is 1.37 bits per heavy atom. The maximum Gasteiger partial charge on any atom is 0.187 e. The number of aromatic hydroxyl groups is 1. The molecule has 1 aromatic heterocycles. The van der Waals surface area contributed by atoms with Gasteiger partial charge in [0.25, 0.3) is 0 Å². The first-order valence-electron chi connectivity index (χ1n) is 5.57. The number of furan rings is 1. The maximum atomic E-state index is 9.19. The molecule has 0 radical (unpaired) electrons. The van der Waals surface area contributed by atoms with Gasteiger partial charge in [-0.25, -0.2) is 5.01 Å². The molecule has 0 unspecified atom stereocenters. The number of thiocarbonyl (C=S) groups is 1. The van der Waals surface area contributed by atoms with Crippen molar-refractivity contribution in [2.24, 2.45) is 10.8 Å². The van der Waals surface area contributed by atoms with E-state index in [4.69, 9.17) is 22.4 Å². The third-order valence-corrected chi connectivity index (χ3v) is 2.59. The van der Waals surface area contributed by atoms with Gasteiger partial charge in [0.1, 0.15) is 18.1 Å². The van der Waals surface area contributed by atoms with Gasteiger partial charge in [-0.3, -0.25) is 0 Å².